The van der Waals surface area contributed by atoms with E-state index in [1.807, 2.05) is 65.6 Å². The molecule has 0 saturated carbocycles. The number of aryl methyl sites for hydroxylation is 2. The first-order chi connectivity index (χ1) is 16.6. The zero-order valence-electron chi connectivity index (χ0n) is 19.3. The third kappa shape index (κ3) is 4.53. The lowest BCUT2D eigenvalue weighted by Gasteiger charge is -2.19. The monoisotopic (exact) mass is 473 g/mol. The second-order valence-electron chi connectivity index (χ2n) is 8.79. The summed E-state index contributed by atoms with van der Waals surface area (Å²) >= 11 is 6.19. The van der Waals surface area contributed by atoms with Crippen molar-refractivity contribution in [2.75, 3.05) is 18.1 Å². The third-order valence-electron chi connectivity index (χ3n) is 6.45. The molecule has 1 aromatic heterocycles. The van der Waals surface area contributed by atoms with Crippen LogP contribution in [0.25, 0.3) is 11.0 Å². The number of anilines is 1. The van der Waals surface area contributed by atoms with Gasteiger partial charge in [0.25, 0.3) is 0 Å². The minimum Gasteiger partial charge on any atom is -0.492 e. The van der Waals surface area contributed by atoms with Gasteiger partial charge in [-0.25, -0.2) is 4.98 Å². The minimum atomic E-state index is 0.0684. The number of imidazole rings is 1. The van der Waals surface area contributed by atoms with Crippen LogP contribution in [0.5, 0.6) is 5.75 Å². The SMILES string of the molecule is Cc1ccccc1N1CC(c2nc3ccccc3n2CCCCOc2ccccc2Cl)CC1=O. The fourth-order valence-corrected chi connectivity index (χ4v) is 4.93. The molecule has 1 saturated heterocycles. The number of fused-ring (bicyclic) bond motifs is 1. The number of ether oxygens (including phenoxy) is 1. The summed E-state index contributed by atoms with van der Waals surface area (Å²) in [5.41, 5.74) is 4.20. The molecule has 3 aromatic carbocycles. The summed E-state index contributed by atoms with van der Waals surface area (Å²) in [6.07, 6.45) is 2.32. The number of para-hydroxylation sites is 4. The van der Waals surface area contributed by atoms with Gasteiger partial charge in [-0.2, -0.15) is 0 Å². The average molecular weight is 474 g/mol. The Morgan fingerprint density at radius 2 is 1.76 bits per heavy atom. The fraction of sp³-hybridized carbons (Fsp3) is 0.286. The predicted octanol–water partition coefficient (Wildman–Crippen LogP) is 6.38. The molecule has 6 heteroatoms. The van der Waals surface area contributed by atoms with Gasteiger partial charge in [0.05, 0.1) is 22.7 Å². The van der Waals surface area contributed by atoms with Crippen molar-refractivity contribution in [3.63, 3.8) is 0 Å². The van der Waals surface area contributed by atoms with Gasteiger partial charge in [-0.3, -0.25) is 4.79 Å². The predicted molar refractivity (Wildman–Crippen MR) is 137 cm³/mol. The van der Waals surface area contributed by atoms with Gasteiger partial charge in [-0.15, -0.1) is 0 Å². The summed E-state index contributed by atoms with van der Waals surface area (Å²) in [4.78, 5) is 19.9. The number of hydrogen-bond donors (Lipinski definition) is 0. The summed E-state index contributed by atoms with van der Waals surface area (Å²) in [5.74, 6) is 1.95. The van der Waals surface area contributed by atoms with Crippen molar-refractivity contribution in [2.24, 2.45) is 0 Å². The molecule has 1 unspecified atom stereocenters. The number of amides is 1. The maximum Gasteiger partial charge on any atom is 0.227 e. The molecule has 174 valence electrons. The molecule has 0 aliphatic carbocycles. The highest BCUT2D eigenvalue weighted by molar-refractivity contribution is 6.32. The molecule has 5 rings (SSSR count). The molecule has 0 radical (unpaired) electrons. The number of carbonyl (C=O) groups is 1. The number of benzene rings is 3. The number of rotatable bonds is 8. The zero-order valence-corrected chi connectivity index (χ0v) is 20.0. The molecular weight excluding hydrogens is 446 g/mol. The van der Waals surface area contributed by atoms with E-state index in [-0.39, 0.29) is 11.8 Å². The summed E-state index contributed by atoms with van der Waals surface area (Å²) in [5, 5.41) is 0.634. The van der Waals surface area contributed by atoms with Crippen molar-refractivity contribution in [3.05, 3.63) is 89.2 Å². The Labute approximate surface area is 204 Å². The van der Waals surface area contributed by atoms with Gasteiger partial charge >= 0.3 is 0 Å². The highest BCUT2D eigenvalue weighted by Crippen LogP contribution is 2.34. The maximum atomic E-state index is 13.0. The van der Waals surface area contributed by atoms with E-state index in [0.717, 1.165) is 53.2 Å². The summed E-state index contributed by atoms with van der Waals surface area (Å²) in [6.45, 7) is 4.14. The van der Waals surface area contributed by atoms with Crippen LogP contribution in [0.3, 0.4) is 0 Å². The molecule has 4 aromatic rings. The third-order valence-corrected chi connectivity index (χ3v) is 6.76. The van der Waals surface area contributed by atoms with E-state index in [2.05, 4.69) is 23.6 Å². The molecule has 0 spiro atoms. The lowest BCUT2D eigenvalue weighted by atomic mass is 10.1. The first-order valence-corrected chi connectivity index (χ1v) is 12.2. The Balaban J connectivity index is 1.31. The minimum absolute atomic E-state index is 0.0684. The largest absolute Gasteiger partial charge is 0.492 e. The van der Waals surface area contributed by atoms with Crippen LogP contribution in [-0.2, 0) is 11.3 Å². The van der Waals surface area contributed by atoms with Crippen LogP contribution in [0.15, 0.2) is 72.8 Å². The Morgan fingerprint density at radius 3 is 2.62 bits per heavy atom. The number of nitrogens with zero attached hydrogens (tertiary/aromatic N) is 3. The fourth-order valence-electron chi connectivity index (χ4n) is 4.74. The van der Waals surface area contributed by atoms with Gasteiger partial charge in [-0.05, 0) is 55.7 Å². The lowest BCUT2D eigenvalue weighted by molar-refractivity contribution is -0.117. The van der Waals surface area contributed by atoms with E-state index in [0.29, 0.717) is 24.6 Å². The van der Waals surface area contributed by atoms with E-state index >= 15 is 0 Å². The van der Waals surface area contributed by atoms with Crippen molar-refractivity contribution < 1.29 is 9.53 Å². The van der Waals surface area contributed by atoms with Crippen molar-refractivity contribution in [3.8, 4) is 5.75 Å². The summed E-state index contributed by atoms with van der Waals surface area (Å²) in [6, 6.07) is 23.8. The van der Waals surface area contributed by atoms with Crippen LogP contribution >= 0.6 is 11.6 Å². The van der Waals surface area contributed by atoms with E-state index in [1.54, 1.807) is 0 Å². The Kier molecular flexibility index (Phi) is 6.54. The van der Waals surface area contributed by atoms with E-state index in [1.165, 1.54) is 0 Å². The first-order valence-electron chi connectivity index (χ1n) is 11.8. The molecule has 0 bridgehead atoms. The Hall–Kier alpha value is -3.31. The van der Waals surface area contributed by atoms with Crippen molar-refractivity contribution in [1.29, 1.82) is 0 Å². The zero-order chi connectivity index (χ0) is 23.5. The topological polar surface area (TPSA) is 47.4 Å². The molecule has 2 heterocycles. The molecule has 1 fully saturated rings. The number of aromatic nitrogens is 2. The number of halogens is 1. The molecule has 0 N–H and O–H groups in total. The van der Waals surface area contributed by atoms with E-state index in [4.69, 9.17) is 21.3 Å². The first kappa shape index (κ1) is 22.5. The molecule has 1 atom stereocenters. The molecule has 1 amide bonds. The van der Waals surface area contributed by atoms with Crippen molar-refractivity contribution in [2.45, 2.75) is 38.6 Å². The van der Waals surface area contributed by atoms with Crippen LogP contribution in [0.1, 0.15) is 36.6 Å². The van der Waals surface area contributed by atoms with Gasteiger partial charge in [-0.1, -0.05) is 54.1 Å². The van der Waals surface area contributed by atoms with Crippen LogP contribution in [0, 0.1) is 6.92 Å². The second-order valence-corrected chi connectivity index (χ2v) is 9.20. The number of hydrogen-bond acceptors (Lipinski definition) is 3. The molecule has 1 aliphatic heterocycles. The number of unbranched alkanes of at least 4 members (excludes halogenated alkanes) is 1. The van der Waals surface area contributed by atoms with Crippen molar-refractivity contribution in [1.82, 2.24) is 9.55 Å². The quantitative estimate of drug-likeness (QED) is 0.279. The Bertz CT molecular complexity index is 1320. The maximum absolute atomic E-state index is 13.0. The molecule has 5 nitrogen and oxygen atoms in total. The summed E-state index contributed by atoms with van der Waals surface area (Å²) in [7, 11) is 0. The van der Waals surface area contributed by atoms with E-state index in [9.17, 15) is 4.79 Å². The van der Waals surface area contributed by atoms with Crippen LogP contribution < -0.4 is 9.64 Å². The Morgan fingerprint density at radius 1 is 1.00 bits per heavy atom. The molecule has 34 heavy (non-hydrogen) atoms. The van der Waals surface area contributed by atoms with Gasteiger partial charge < -0.3 is 14.2 Å². The van der Waals surface area contributed by atoms with Crippen LogP contribution in [0.2, 0.25) is 5.02 Å². The van der Waals surface area contributed by atoms with Gasteiger partial charge in [0.1, 0.15) is 11.6 Å². The van der Waals surface area contributed by atoms with Crippen molar-refractivity contribution >= 4 is 34.2 Å². The van der Waals surface area contributed by atoms with E-state index < -0.39 is 0 Å². The van der Waals surface area contributed by atoms with Crippen LogP contribution in [-0.4, -0.2) is 28.6 Å². The van der Waals surface area contributed by atoms with Crippen LogP contribution in [0.4, 0.5) is 5.69 Å². The normalized spacial score (nSPS) is 15.9. The van der Waals surface area contributed by atoms with Gasteiger partial charge in [0.2, 0.25) is 5.91 Å². The highest BCUT2D eigenvalue weighted by atomic mass is 35.5. The second kappa shape index (κ2) is 9.90. The molecular formula is C28H28ClN3O2. The highest BCUT2D eigenvalue weighted by Gasteiger charge is 2.35. The smallest absolute Gasteiger partial charge is 0.227 e. The van der Waals surface area contributed by atoms with Gasteiger partial charge in [0.15, 0.2) is 0 Å². The number of carbonyl (C=O) groups excluding carboxylic acids is 1. The average Bonchev–Trinajstić information content (AvgIpc) is 3.41. The molecule has 1 aliphatic rings. The lowest BCUT2D eigenvalue weighted by Crippen LogP contribution is -2.25. The van der Waals surface area contributed by atoms with Gasteiger partial charge in [0, 0.05) is 31.1 Å². The standard InChI is InChI=1S/C28H28ClN3O2/c1-20-10-2-5-13-24(20)32-19-21(18-27(32)33)28-30-23-12-4-6-14-25(23)31(28)16-8-9-17-34-26-15-7-3-11-22(26)29/h2-7,10-15,21H,8-9,16-19H2,1H3. The summed E-state index contributed by atoms with van der Waals surface area (Å²) < 4.78 is 8.15.